The smallest absolute Gasteiger partial charge is 0.339 e. The number of benzene rings is 3. The van der Waals surface area contributed by atoms with E-state index in [1.807, 2.05) is 30.3 Å². The van der Waals surface area contributed by atoms with Gasteiger partial charge in [0.1, 0.15) is 5.82 Å². The van der Waals surface area contributed by atoms with Gasteiger partial charge in [0.2, 0.25) is 0 Å². The van der Waals surface area contributed by atoms with Crippen molar-refractivity contribution in [2.45, 2.75) is 20.0 Å². The largest absolute Gasteiger partial charge is 0.449 e. The van der Waals surface area contributed by atoms with Gasteiger partial charge in [0.25, 0.3) is 5.91 Å². The standard InChI is InChI=1S/C24H20ClN3O3/c1-14-18(25)10-7-13-19(14)28-23(29)15(2)31-24(30)17-9-4-3-8-16(17)22-26-20-11-5-6-12-21(20)27-22/h3-13,15H,1-2H3,(H,26,27)(H,28,29). The molecule has 0 saturated carbocycles. The van der Waals surface area contributed by atoms with E-state index in [0.29, 0.717) is 27.7 Å². The number of hydrogen-bond donors (Lipinski definition) is 2. The molecule has 1 amide bonds. The monoisotopic (exact) mass is 433 g/mol. The Hall–Kier alpha value is -3.64. The van der Waals surface area contributed by atoms with Crippen LogP contribution in [-0.4, -0.2) is 27.9 Å². The molecule has 1 atom stereocenters. The molecule has 0 radical (unpaired) electrons. The molecule has 6 nitrogen and oxygen atoms in total. The van der Waals surface area contributed by atoms with Crippen LogP contribution in [-0.2, 0) is 9.53 Å². The van der Waals surface area contributed by atoms with E-state index in [1.54, 1.807) is 43.3 Å². The second-order valence-corrected chi connectivity index (χ2v) is 7.50. The third kappa shape index (κ3) is 4.29. The van der Waals surface area contributed by atoms with E-state index in [1.165, 1.54) is 6.92 Å². The van der Waals surface area contributed by atoms with Gasteiger partial charge in [-0.25, -0.2) is 9.78 Å². The molecule has 1 unspecified atom stereocenters. The SMILES string of the molecule is Cc1c(Cl)cccc1NC(=O)C(C)OC(=O)c1ccccc1-c1nc2ccccc2[nH]1. The summed E-state index contributed by atoms with van der Waals surface area (Å²) < 4.78 is 5.45. The van der Waals surface area contributed by atoms with E-state index in [9.17, 15) is 9.59 Å². The van der Waals surface area contributed by atoms with Gasteiger partial charge in [0, 0.05) is 16.3 Å². The van der Waals surface area contributed by atoms with Crippen LogP contribution in [0.5, 0.6) is 0 Å². The molecule has 4 aromatic rings. The minimum absolute atomic E-state index is 0.320. The molecule has 3 aromatic carbocycles. The number of imidazole rings is 1. The maximum absolute atomic E-state index is 12.9. The zero-order valence-corrected chi connectivity index (χ0v) is 17.7. The molecule has 0 aliphatic rings. The highest BCUT2D eigenvalue weighted by Gasteiger charge is 2.22. The number of halogens is 1. The van der Waals surface area contributed by atoms with Crippen LogP contribution < -0.4 is 5.32 Å². The number of nitrogens with zero attached hydrogens (tertiary/aromatic N) is 1. The van der Waals surface area contributed by atoms with Gasteiger partial charge in [-0.2, -0.15) is 0 Å². The molecular formula is C24H20ClN3O3. The summed E-state index contributed by atoms with van der Waals surface area (Å²) in [5, 5.41) is 3.30. The van der Waals surface area contributed by atoms with Gasteiger partial charge in [-0.15, -0.1) is 0 Å². The maximum Gasteiger partial charge on any atom is 0.339 e. The molecule has 156 valence electrons. The number of carbonyl (C=O) groups excluding carboxylic acids is 2. The Balaban J connectivity index is 1.53. The molecule has 0 aliphatic heterocycles. The first-order chi connectivity index (χ1) is 14.9. The lowest BCUT2D eigenvalue weighted by atomic mass is 10.1. The zero-order valence-electron chi connectivity index (χ0n) is 17.0. The van der Waals surface area contributed by atoms with Crippen molar-refractivity contribution in [2.24, 2.45) is 0 Å². The third-order valence-electron chi connectivity index (χ3n) is 4.97. The van der Waals surface area contributed by atoms with Gasteiger partial charge in [-0.3, -0.25) is 4.79 Å². The van der Waals surface area contributed by atoms with Gasteiger partial charge >= 0.3 is 5.97 Å². The predicted molar refractivity (Wildman–Crippen MR) is 121 cm³/mol. The third-order valence-corrected chi connectivity index (χ3v) is 5.38. The van der Waals surface area contributed by atoms with Crippen LogP contribution >= 0.6 is 11.6 Å². The van der Waals surface area contributed by atoms with Crippen molar-refractivity contribution in [1.82, 2.24) is 9.97 Å². The number of amides is 1. The van der Waals surface area contributed by atoms with Gasteiger partial charge in [0.05, 0.1) is 16.6 Å². The molecular weight excluding hydrogens is 414 g/mol. The Morgan fingerprint density at radius 3 is 2.58 bits per heavy atom. The van der Waals surface area contributed by atoms with Crippen LogP contribution in [0.4, 0.5) is 5.69 Å². The Kier molecular flexibility index (Phi) is 5.73. The van der Waals surface area contributed by atoms with Crippen LogP contribution in [0.1, 0.15) is 22.8 Å². The number of nitrogens with one attached hydrogen (secondary N) is 2. The number of esters is 1. The minimum Gasteiger partial charge on any atom is -0.449 e. The van der Waals surface area contributed by atoms with Crippen molar-refractivity contribution in [3.63, 3.8) is 0 Å². The van der Waals surface area contributed by atoms with Crippen molar-refractivity contribution in [3.8, 4) is 11.4 Å². The average molecular weight is 434 g/mol. The van der Waals surface area contributed by atoms with E-state index in [4.69, 9.17) is 16.3 Å². The second-order valence-electron chi connectivity index (χ2n) is 7.10. The number of aromatic amines is 1. The number of ether oxygens (including phenoxy) is 1. The van der Waals surface area contributed by atoms with Gasteiger partial charge in [-0.1, -0.05) is 48.0 Å². The van der Waals surface area contributed by atoms with Crippen LogP contribution in [0.15, 0.2) is 66.7 Å². The van der Waals surface area contributed by atoms with Gasteiger partial charge < -0.3 is 15.0 Å². The summed E-state index contributed by atoms with van der Waals surface area (Å²) >= 11 is 6.10. The fourth-order valence-corrected chi connectivity index (χ4v) is 3.38. The summed E-state index contributed by atoms with van der Waals surface area (Å²) in [7, 11) is 0. The number of H-pyrrole nitrogens is 1. The number of carbonyl (C=O) groups is 2. The molecule has 1 aromatic heterocycles. The summed E-state index contributed by atoms with van der Waals surface area (Å²) in [5.74, 6) is -0.498. The molecule has 0 fully saturated rings. The fraction of sp³-hybridized carbons (Fsp3) is 0.125. The summed E-state index contributed by atoms with van der Waals surface area (Å²) in [4.78, 5) is 33.2. The maximum atomic E-state index is 12.9. The Morgan fingerprint density at radius 1 is 1.03 bits per heavy atom. The number of fused-ring (bicyclic) bond motifs is 1. The van der Waals surface area contributed by atoms with Crippen molar-refractivity contribution in [1.29, 1.82) is 0 Å². The van der Waals surface area contributed by atoms with Gasteiger partial charge in [0.15, 0.2) is 6.10 Å². The fourth-order valence-electron chi connectivity index (χ4n) is 3.20. The van der Waals surface area contributed by atoms with Crippen LogP contribution in [0.3, 0.4) is 0 Å². The Labute approximate surface area is 184 Å². The number of para-hydroxylation sites is 2. The number of hydrogen-bond acceptors (Lipinski definition) is 4. The average Bonchev–Trinajstić information content (AvgIpc) is 3.21. The topological polar surface area (TPSA) is 84.1 Å². The van der Waals surface area contributed by atoms with Crippen LogP contribution in [0.2, 0.25) is 5.02 Å². The number of aromatic nitrogens is 2. The van der Waals surface area contributed by atoms with Crippen molar-refractivity contribution >= 4 is 40.2 Å². The highest BCUT2D eigenvalue weighted by atomic mass is 35.5. The van der Waals surface area contributed by atoms with Crippen molar-refractivity contribution in [3.05, 3.63) is 82.9 Å². The predicted octanol–water partition coefficient (Wildman–Crippen LogP) is 5.38. The molecule has 0 bridgehead atoms. The zero-order chi connectivity index (χ0) is 22.0. The summed E-state index contributed by atoms with van der Waals surface area (Å²) in [5.41, 5.74) is 3.90. The van der Waals surface area contributed by atoms with E-state index in [-0.39, 0.29) is 0 Å². The van der Waals surface area contributed by atoms with Crippen molar-refractivity contribution < 1.29 is 14.3 Å². The van der Waals surface area contributed by atoms with Gasteiger partial charge in [-0.05, 0) is 49.7 Å². The van der Waals surface area contributed by atoms with Crippen LogP contribution in [0, 0.1) is 6.92 Å². The van der Waals surface area contributed by atoms with Crippen molar-refractivity contribution in [2.75, 3.05) is 5.32 Å². The molecule has 2 N–H and O–H groups in total. The molecule has 1 heterocycles. The lowest BCUT2D eigenvalue weighted by Gasteiger charge is -2.16. The second kappa shape index (κ2) is 8.62. The molecule has 7 heteroatoms. The first-order valence-corrected chi connectivity index (χ1v) is 10.1. The lowest BCUT2D eigenvalue weighted by Crippen LogP contribution is -2.30. The number of rotatable bonds is 5. The quantitative estimate of drug-likeness (QED) is 0.414. The first kappa shape index (κ1) is 20.6. The Bertz CT molecular complexity index is 1250. The molecule has 0 spiro atoms. The summed E-state index contributed by atoms with van der Waals surface area (Å²) in [6.07, 6.45) is -1.00. The highest BCUT2D eigenvalue weighted by Crippen LogP contribution is 2.26. The Morgan fingerprint density at radius 2 is 1.77 bits per heavy atom. The lowest BCUT2D eigenvalue weighted by molar-refractivity contribution is -0.123. The number of anilines is 1. The summed E-state index contributed by atoms with van der Waals surface area (Å²) in [6.45, 7) is 3.33. The summed E-state index contributed by atoms with van der Waals surface area (Å²) in [6, 6.07) is 19.8. The molecule has 31 heavy (non-hydrogen) atoms. The minimum atomic E-state index is -1.00. The molecule has 4 rings (SSSR count). The normalized spacial score (nSPS) is 11.8. The molecule has 0 aliphatic carbocycles. The molecule has 0 saturated heterocycles. The van der Waals surface area contributed by atoms with E-state index in [2.05, 4.69) is 15.3 Å². The first-order valence-electron chi connectivity index (χ1n) is 9.75. The van der Waals surface area contributed by atoms with E-state index in [0.717, 1.165) is 16.6 Å². The van der Waals surface area contributed by atoms with E-state index >= 15 is 0 Å². The van der Waals surface area contributed by atoms with E-state index < -0.39 is 18.0 Å². The highest BCUT2D eigenvalue weighted by molar-refractivity contribution is 6.31. The van der Waals surface area contributed by atoms with Crippen LogP contribution in [0.25, 0.3) is 22.4 Å².